The lowest BCUT2D eigenvalue weighted by Crippen LogP contribution is -2.38. The standard InChI is InChI=1S/C17H23N5O3S/c1-4-22-15(19-20(3)17(22)25)12-5-8-21(9-6-12)16(24)14-13(7-10-26-14)18-11(2)23/h7,10,12H,4-6,8-9H2,1-3H3,(H,18,23). The van der Waals surface area contributed by atoms with Gasteiger partial charge in [0.25, 0.3) is 5.91 Å². The van der Waals surface area contributed by atoms with E-state index >= 15 is 0 Å². The van der Waals surface area contributed by atoms with E-state index in [2.05, 4.69) is 10.4 Å². The van der Waals surface area contributed by atoms with Crippen molar-refractivity contribution in [3.8, 4) is 0 Å². The molecule has 0 bridgehead atoms. The zero-order valence-electron chi connectivity index (χ0n) is 15.2. The molecule has 3 rings (SSSR count). The van der Waals surface area contributed by atoms with Crippen molar-refractivity contribution in [2.45, 2.75) is 39.2 Å². The first-order valence-corrected chi connectivity index (χ1v) is 9.58. The first-order valence-electron chi connectivity index (χ1n) is 8.70. The molecule has 3 heterocycles. The Morgan fingerprint density at radius 1 is 1.35 bits per heavy atom. The number of likely N-dealkylation sites (tertiary alicyclic amines) is 1. The molecule has 9 heteroatoms. The van der Waals surface area contributed by atoms with E-state index in [0.29, 0.717) is 30.2 Å². The number of amides is 2. The molecule has 0 unspecified atom stereocenters. The second-order valence-corrected chi connectivity index (χ2v) is 7.34. The van der Waals surface area contributed by atoms with Crippen LogP contribution in [0.1, 0.15) is 48.1 Å². The summed E-state index contributed by atoms with van der Waals surface area (Å²) in [6, 6.07) is 1.75. The largest absolute Gasteiger partial charge is 0.345 e. The van der Waals surface area contributed by atoms with Crippen molar-refractivity contribution in [2.24, 2.45) is 7.05 Å². The third-order valence-corrected chi connectivity index (χ3v) is 5.57. The Kier molecular flexibility index (Phi) is 5.26. The van der Waals surface area contributed by atoms with Crippen LogP contribution < -0.4 is 11.0 Å². The first-order chi connectivity index (χ1) is 12.4. The molecule has 0 aliphatic carbocycles. The molecule has 2 aromatic rings. The summed E-state index contributed by atoms with van der Waals surface area (Å²) in [5.74, 6) is 0.730. The monoisotopic (exact) mass is 377 g/mol. The van der Waals surface area contributed by atoms with E-state index in [1.807, 2.05) is 11.8 Å². The molecule has 1 aliphatic rings. The van der Waals surface area contributed by atoms with E-state index in [1.54, 1.807) is 23.1 Å². The van der Waals surface area contributed by atoms with Gasteiger partial charge in [-0.15, -0.1) is 11.3 Å². The van der Waals surface area contributed by atoms with Gasteiger partial charge in [0.1, 0.15) is 10.7 Å². The van der Waals surface area contributed by atoms with Crippen molar-refractivity contribution in [3.63, 3.8) is 0 Å². The highest BCUT2D eigenvalue weighted by atomic mass is 32.1. The molecule has 1 aliphatic heterocycles. The maximum Gasteiger partial charge on any atom is 0.345 e. The third-order valence-electron chi connectivity index (χ3n) is 4.67. The molecule has 0 aromatic carbocycles. The molecule has 1 fully saturated rings. The van der Waals surface area contributed by atoms with Crippen LogP contribution in [0.2, 0.25) is 0 Å². The maximum atomic E-state index is 12.8. The quantitative estimate of drug-likeness (QED) is 0.877. The number of aromatic nitrogens is 3. The van der Waals surface area contributed by atoms with Crippen LogP contribution in [-0.2, 0) is 18.4 Å². The Bertz CT molecular complexity index is 873. The number of hydrogen-bond acceptors (Lipinski definition) is 5. The van der Waals surface area contributed by atoms with Crippen molar-refractivity contribution < 1.29 is 9.59 Å². The van der Waals surface area contributed by atoms with Crippen molar-refractivity contribution >= 4 is 28.8 Å². The maximum absolute atomic E-state index is 12.8. The van der Waals surface area contributed by atoms with Crippen LogP contribution in [-0.4, -0.2) is 44.2 Å². The van der Waals surface area contributed by atoms with Crippen LogP contribution >= 0.6 is 11.3 Å². The summed E-state index contributed by atoms with van der Waals surface area (Å²) >= 11 is 1.33. The normalized spacial score (nSPS) is 15.3. The fourth-order valence-electron chi connectivity index (χ4n) is 3.37. The number of carbonyl (C=O) groups is 2. The van der Waals surface area contributed by atoms with E-state index in [1.165, 1.54) is 22.9 Å². The van der Waals surface area contributed by atoms with Crippen molar-refractivity contribution in [1.29, 1.82) is 0 Å². The predicted molar refractivity (Wildman–Crippen MR) is 99.6 cm³/mol. The predicted octanol–water partition coefficient (Wildman–Crippen LogP) is 1.64. The zero-order chi connectivity index (χ0) is 18.8. The lowest BCUT2D eigenvalue weighted by molar-refractivity contribution is -0.114. The third kappa shape index (κ3) is 3.44. The molecule has 0 atom stereocenters. The van der Waals surface area contributed by atoms with Crippen LogP contribution in [0.4, 0.5) is 5.69 Å². The smallest absolute Gasteiger partial charge is 0.338 e. The minimum absolute atomic E-state index is 0.0592. The number of hydrogen-bond donors (Lipinski definition) is 1. The molecule has 2 amide bonds. The average Bonchev–Trinajstić information content (AvgIpc) is 3.18. The second kappa shape index (κ2) is 7.45. The SMILES string of the molecule is CCn1c(C2CCN(C(=O)c3sccc3NC(C)=O)CC2)nn(C)c1=O. The Morgan fingerprint density at radius 3 is 2.65 bits per heavy atom. The van der Waals surface area contributed by atoms with Gasteiger partial charge in [0.15, 0.2) is 0 Å². The van der Waals surface area contributed by atoms with Crippen LogP contribution in [0, 0.1) is 0 Å². The summed E-state index contributed by atoms with van der Waals surface area (Å²) < 4.78 is 3.08. The molecular weight excluding hydrogens is 354 g/mol. The Balaban J connectivity index is 1.70. The van der Waals surface area contributed by atoms with Gasteiger partial charge in [-0.05, 0) is 31.2 Å². The van der Waals surface area contributed by atoms with Crippen LogP contribution in [0.15, 0.2) is 16.2 Å². The highest BCUT2D eigenvalue weighted by Crippen LogP contribution is 2.30. The number of nitrogens with one attached hydrogen (secondary N) is 1. The molecule has 0 saturated carbocycles. The van der Waals surface area contributed by atoms with Gasteiger partial charge in [-0.25, -0.2) is 9.48 Å². The summed E-state index contributed by atoms with van der Waals surface area (Å²) in [6.45, 7) is 5.17. The number of carbonyl (C=O) groups excluding carboxylic acids is 2. The van der Waals surface area contributed by atoms with E-state index in [9.17, 15) is 14.4 Å². The molecule has 1 saturated heterocycles. The second-order valence-electron chi connectivity index (χ2n) is 6.42. The summed E-state index contributed by atoms with van der Waals surface area (Å²) in [4.78, 5) is 38.5. The highest BCUT2D eigenvalue weighted by molar-refractivity contribution is 7.12. The summed E-state index contributed by atoms with van der Waals surface area (Å²) in [6.07, 6.45) is 1.53. The molecule has 1 N–H and O–H groups in total. The molecule has 0 radical (unpaired) electrons. The molecule has 26 heavy (non-hydrogen) atoms. The Hall–Kier alpha value is -2.42. The van der Waals surface area contributed by atoms with Crippen LogP contribution in [0.3, 0.4) is 0 Å². The number of thiophene rings is 1. The van der Waals surface area contributed by atoms with E-state index in [-0.39, 0.29) is 23.4 Å². The number of piperidine rings is 1. The fraction of sp³-hybridized carbons (Fsp3) is 0.529. The molecule has 0 spiro atoms. The van der Waals surface area contributed by atoms with Gasteiger partial charge < -0.3 is 10.2 Å². The topological polar surface area (TPSA) is 89.2 Å². The van der Waals surface area contributed by atoms with Crippen molar-refractivity contribution in [1.82, 2.24) is 19.2 Å². The Morgan fingerprint density at radius 2 is 2.04 bits per heavy atom. The van der Waals surface area contributed by atoms with Crippen molar-refractivity contribution in [3.05, 3.63) is 32.6 Å². The summed E-state index contributed by atoms with van der Waals surface area (Å²) in [5, 5.41) is 8.90. The van der Waals surface area contributed by atoms with Gasteiger partial charge in [0.2, 0.25) is 5.91 Å². The number of nitrogens with zero attached hydrogens (tertiary/aromatic N) is 4. The minimum Gasteiger partial charge on any atom is -0.338 e. The number of aryl methyl sites for hydroxylation is 1. The number of rotatable bonds is 4. The highest BCUT2D eigenvalue weighted by Gasteiger charge is 2.29. The molecule has 2 aromatic heterocycles. The zero-order valence-corrected chi connectivity index (χ0v) is 16.0. The van der Waals surface area contributed by atoms with Crippen molar-refractivity contribution in [2.75, 3.05) is 18.4 Å². The van der Waals surface area contributed by atoms with E-state index in [0.717, 1.165) is 18.7 Å². The molecule has 140 valence electrons. The van der Waals surface area contributed by atoms with Gasteiger partial charge in [-0.2, -0.15) is 5.10 Å². The lowest BCUT2D eigenvalue weighted by atomic mass is 9.95. The Labute approximate surface area is 155 Å². The number of anilines is 1. The van der Waals surface area contributed by atoms with E-state index in [4.69, 9.17) is 0 Å². The summed E-state index contributed by atoms with van der Waals surface area (Å²) in [5.41, 5.74) is 0.471. The lowest BCUT2D eigenvalue weighted by Gasteiger charge is -2.31. The van der Waals surface area contributed by atoms with Gasteiger partial charge in [0, 0.05) is 39.5 Å². The molecule has 8 nitrogen and oxygen atoms in total. The first kappa shape index (κ1) is 18.4. The average molecular weight is 377 g/mol. The van der Waals surface area contributed by atoms with Crippen LogP contribution in [0.5, 0.6) is 0 Å². The van der Waals surface area contributed by atoms with Gasteiger partial charge in [-0.3, -0.25) is 14.2 Å². The van der Waals surface area contributed by atoms with Crippen LogP contribution in [0.25, 0.3) is 0 Å². The summed E-state index contributed by atoms with van der Waals surface area (Å²) in [7, 11) is 1.66. The minimum atomic E-state index is -0.191. The van der Waals surface area contributed by atoms with Gasteiger partial charge in [-0.1, -0.05) is 0 Å². The van der Waals surface area contributed by atoms with Gasteiger partial charge >= 0.3 is 5.69 Å². The van der Waals surface area contributed by atoms with Gasteiger partial charge in [0.05, 0.1) is 5.69 Å². The fourth-order valence-corrected chi connectivity index (χ4v) is 4.19. The molecular formula is C17H23N5O3S. The van der Waals surface area contributed by atoms with E-state index < -0.39 is 0 Å².